The van der Waals surface area contributed by atoms with Crippen LogP contribution in [0.2, 0.25) is 0 Å². The van der Waals surface area contributed by atoms with Crippen molar-refractivity contribution in [1.29, 1.82) is 0 Å². The fourth-order valence-electron chi connectivity index (χ4n) is 6.46. The van der Waals surface area contributed by atoms with Gasteiger partial charge >= 0.3 is 5.97 Å². The molecule has 0 aromatic heterocycles. The predicted molar refractivity (Wildman–Crippen MR) is 149 cm³/mol. The molecule has 9 atom stereocenters. The third-order valence-electron chi connectivity index (χ3n) is 8.87. The number of carboxylic acids is 1. The minimum Gasteiger partial charge on any atom is -0.480 e. The molecule has 0 spiro atoms. The number of carbonyl (C=O) groups is 3. The fraction of sp³-hybridized carbons (Fsp3) is 0.700. The van der Waals surface area contributed by atoms with Crippen molar-refractivity contribution in [2.45, 2.75) is 89.3 Å². The van der Waals surface area contributed by atoms with Crippen molar-refractivity contribution in [3.63, 3.8) is 0 Å². The summed E-state index contributed by atoms with van der Waals surface area (Å²) in [5.74, 6) is -2.34. The summed E-state index contributed by atoms with van der Waals surface area (Å²) in [6, 6.07) is 4.49. The molecule has 2 fully saturated rings. The first-order valence-corrected chi connectivity index (χ1v) is 14.2. The van der Waals surface area contributed by atoms with Crippen LogP contribution in [-0.2, 0) is 30.3 Å². The van der Waals surface area contributed by atoms with Crippen LogP contribution < -0.4 is 5.32 Å². The fourth-order valence-corrected chi connectivity index (χ4v) is 6.46. The van der Waals surface area contributed by atoms with Gasteiger partial charge in [0, 0.05) is 32.7 Å². The molecule has 0 radical (unpaired) electrons. The van der Waals surface area contributed by atoms with Gasteiger partial charge in [-0.1, -0.05) is 45.4 Å². The minimum atomic E-state index is -1.30. The average Bonchev–Trinajstić information content (AvgIpc) is 3.57. The number of rotatable bonds is 15. The molecule has 2 amide bonds. The molecule has 224 valence electrons. The Kier molecular flexibility index (Phi) is 11.1. The molecule has 1 saturated carbocycles. The Morgan fingerprint density at radius 1 is 1.15 bits per heavy atom. The molecule has 2 aliphatic rings. The van der Waals surface area contributed by atoms with Crippen molar-refractivity contribution in [1.82, 2.24) is 15.1 Å². The number of nitrogens with one attached hydrogen (secondary N) is 1. The quantitative estimate of drug-likeness (QED) is 0.338. The number of piperidine rings is 1. The summed E-state index contributed by atoms with van der Waals surface area (Å²) in [4.78, 5) is 43.0. The van der Waals surface area contributed by atoms with Gasteiger partial charge in [-0.25, -0.2) is 9.18 Å². The third kappa shape index (κ3) is 7.19. The van der Waals surface area contributed by atoms with Crippen molar-refractivity contribution < 1.29 is 33.4 Å². The highest BCUT2D eigenvalue weighted by Crippen LogP contribution is 2.50. The van der Waals surface area contributed by atoms with Gasteiger partial charge in [-0.2, -0.15) is 0 Å². The number of carbonyl (C=O) groups excluding carboxylic acids is 2. The van der Waals surface area contributed by atoms with Crippen LogP contribution in [-0.4, -0.2) is 97.4 Å². The highest BCUT2D eigenvalue weighted by Gasteiger charge is 2.57. The van der Waals surface area contributed by atoms with E-state index in [1.165, 1.54) is 25.3 Å². The lowest BCUT2D eigenvalue weighted by Crippen LogP contribution is -2.54. The summed E-state index contributed by atoms with van der Waals surface area (Å²) in [6.07, 6.45) is 1.75. The Hall–Kier alpha value is -2.56. The molecule has 5 unspecified atom stereocenters. The SMILES string of the molecule is CC[C@H](C)[C@@H](C(CC(=O)N1C2CC2CC1C(OC)[C@@H](C)C(=O)N[C@@H](Cc1ccccc1F)C(=O)O)OC)N(C)C. The average molecular weight is 564 g/mol. The zero-order valence-corrected chi connectivity index (χ0v) is 24.8. The third-order valence-corrected chi connectivity index (χ3v) is 8.87. The lowest BCUT2D eigenvalue weighted by Gasteiger charge is -2.39. The van der Waals surface area contributed by atoms with E-state index in [-0.39, 0.29) is 48.5 Å². The van der Waals surface area contributed by atoms with E-state index in [4.69, 9.17) is 9.47 Å². The molecular weight excluding hydrogens is 517 g/mol. The molecule has 3 rings (SSSR count). The number of methoxy groups -OCH3 is 2. The molecule has 1 aromatic rings. The van der Waals surface area contributed by atoms with Crippen LogP contribution in [0, 0.1) is 23.6 Å². The molecule has 10 heteroatoms. The van der Waals surface area contributed by atoms with E-state index >= 15 is 0 Å². The second kappa shape index (κ2) is 13.9. The second-order valence-corrected chi connectivity index (χ2v) is 11.7. The van der Waals surface area contributed by atoms with Gasteiger partial charge in [0.15, 0.2) is 0 Å². The zero-order chi connectivity index (χ0) is 29.7. The molecule has 1 saturated heterocycles. The predicted octanol–water partition coefficient (Wildman–Crippen LogP) is 2.96. The highest BCUT2D eigenvalue weighted by molar-refractivity contribution is 5.85. The first kappa shape index (κ1) is 32.0. The molecule has 9 nitrogen and oxygen atoms in total. The second-order valence-electron chi connectivity index (χ2n) is 11.7. The summed E-state index contributed by atoms with van der Waals surface area (Å²) >= 11 is 0. The standard InChI is InChI=1S/C30H46FN3O6/c1-8-17(2)27(33(4)5)25(39-6)16-26(35)34-23-14-20(23)15-24(34)28(40-7)18(3)29(36)32-22(30(37)38)13-19-11-9-10-12-21(19)31/h9-12,17-18,20,22-25,27-28H,8,13-16H2,1-7H3,(H,32,36)(H,37,38)/t17-,18+,20?,22-,23?,24?,25?,27-,28?/m0/s1. The number of likely N-dealkylation sites (tertiary alicyclic amines) is 1. The maximum Gasteiger partial charge on any atom is 0.326 e. The smallest absolute Gasteiger partial charge is 0.326 e. The summed E-state index contributed by atoms with van der Waals surface area (Å²) in [7, 11) is 7.15. The maximum atomic E-state index is 14.2. The van der Waals surface area contributed by atoms with Crippen molar-refractivity contribution in [2.75, 3.05) is 28.3 Å². The lowest BCUT2D eigenvalue weighted by molar-refractivity contribution is -0.146. The van der Waals surface area contributed by atoms with Crippen LogP contribution in [0.3, 0.4) is 0 Å². The van der Waals surface area contributed by atoms with E-state index in [2.05, 4.69) is 24.1 Å². The number of hydrogen-bond acceptors (Lipinski definition) is 6. The van der Waals surface area contributed by atoms with E-state index < -0.39 is 35.8 Å². The van der Waals surface area contributed by atoms with Gasteiger partial charge in [-0.3, -0.25) is 9.59 Å². The summed E-state index contributed by atoms with van der Waals surface area (Å²) in [5, 5.41) is 12.3. The topological polar surface area (TPSA) is 108 Å². The Balaban J connectivity index is 1.73. The first-order valence-electron chi connectivity index (χ1n) is 14.2. The number of likely N-dealkylation sites (N-methyl/N-ethyl adjacent to an activating group) is 1. The van der Waals surface area contributed by atoms with Crippen molar-refractivity contribution in [3.8, 4) is 0 Å². The first-order chi connectivity index (χ1) is 18.9. The molecule has 1 heterocycles. The normalized spacial score (nSPS) is 24.5. The molecule has 1 aromatic carbocycles. The van der Waals surface area contributed by atoms with E-state index in [9.17, 15) is 23.9 Å². The molecule has 1 aliphatic carbocycles. The molecule has 0 bridgehead atoms. The van der Waals surface area contributed by atoms with Crippen LogP contribution in [0.15, 0.2) is 24.3 Å². The summed E-state index contributed by atoms with van der Waals surface area (Å²) in [6.45, 7) is 5.97. The van der Waals surface area contributed by atoms with E-state index in [0.717, 1.165) is 19.3 Å². The molecule has 40 heavy (non-hydrogen) atoms. The minimum absolute atomic E-state index is 0.0189. The number of fused-ring (bicyclic) bond motifs is 1. The van der Waals surface area contributed by atoms with E-state index in [1.807, 2.05) is 19.0 Å². The number of carboxylic acid groups (broad SMARTS) is 1. The number of ether oxygens (including phenoxy) is 2. The number of nitrogens with zero attached hydrogens (tertiary/aromatic N) is 2. The van der Waals surface area contributed by atoms with Crippen LogP contribution >= 0.6 is 0 Å². The number of benzene rings is 1. The Bertz CT molecular complexity index is 1040. The maximum absolute atomic E-state index is 14.2. The molecular formula is C30H46FN3O6. The van der Waals surface area contributed by atoms with Gasteiger partial charge in [-0.05, 0) is 50.4 Å². The van der Waals surface area contributed by atoms with Gasteiger partial charge in [0.05, 0.1) is 30.6 Å². The van der Waals surface area contributed by atoms with Gasteiger partial charge in [0.1, 0.15) is 11.9 Å². The number of hydrogen-bond donors (Lipinski definition) is 2. The van der Waals surface area contributed by atoms with Crippen molar-refractivity contribution >= 4 is 17.8 Å². The van der Waals surface area contributed by atoms with Gasteiger partial charge in [0.25, 0.3) is 0 Å². The molecule has 2 N–H and O–H groups in total. The number of amides is 2. The summed E-state index contributed by atoms with van der Waals surface area (Å²) in [5.41, 5.74) is 0.208. The lowest BCUT2D eigenvalue weighted by atomic mass is 9.90. The monoisotopic (exact) mass is 563 g/mol. The molecule has 1 aliphatic heterocycles. The Labute approximate surface area is 237 Å². The van der Waals surface area contributed by atoms with Crippen LogP contribution in [0.4, 0.5) is 4.39 Å². The zero-order valence-electron chi connectivity index (χ0n) is 24.8. The number of halogens is 1. The largest absolute Gasteiger partial charge is 0.480 e. The highest BCUT2D eigenvalue weighted by atomic mass is 19.1. The Morgan fingerprint density at radius 2 is 1.82 bits per heavy atom. The van der Waals surface area contributed by atoms with E-state index in [1.54, 1.807) is 20.1 Å². The van der Waals surface area contributed by atoms with Crippen LogP contribution in [0.5, 0.6) is 0 Å². The van der Waals surface area contributed by atoms with Crippen molar-refractivity contribution in [2.24, 2.45) is 17.8 Å². The van der Waals surface area contributed by atoms with E-state index in [0.29, 0.717) is 11.8 Å². The Morgan fingerprint density at radius 3 is 2.38 bits per heavy atom. The van der Waals surface area contributed by atoms with Gasteiger partial charge in [-0.15, -0.1) is 0 Å². The van der Waals surface area contributed by atoms with Gasteiger partial charge in [0.2, 0.25) is 11.8 Å². The summed E-state index contributed by atoms with van der Waals surface area (Å²) < 4.78 is 25.8. The van der Waals surface area contributed by atoms with Crippen LogP contribution in [0.25, 0.3) is 0 Å². The van der Waals surface area contributed by atoms with Crippen molar-refractivity contribution in [3.05, 3.63) is 35.6 Å². The van der Waals surface area contributed by atoms with Crippen LogP contribution in [0.1, 0.15) is 52.0 Å². The number of aliphatic carboxylic acids is 1. The van der Waals surface area contributed by atoms with Gasteiger partial charge < -0.3 is 29.7 Å².